The summed E-state index contributed by atoms with van der Waals surface area (Å²) in [5, 5.41) is 9.06. The van der Waals surface area contributed by atoms with Crippen LogP contribution in [0.1, 0.15) is 0 Å². The fraction of sp³-hybridized carbons (Fsp3) is 0.533. The smallest absolute Gasteiger partial charge is 0.253 e. The molecular weight excluding hydrogens is 328 g/mol. The van der Waals surface area contributed by atoms with Gasteiger partial charge in [0.05, 0.1) is 0 Å². The fourth-order valence-electron chi connectivity index (χ4n) is 2.04. The highest BCUT2D eigenvalue weighted by Crippen LogP contribution is 2.19. The van der Waals surface area contributed by atoms with E-state index in [1.54, 1.807) is 16.8 Å². The van der Waals surface area contributed by atoms with Gasteiger partial charge in [-0.15, -0.1) is 10.2 Å². The summed E-state index contributed by atoms with van der Waals surface area (Å²) in [4.78, 5) is 12.2. The minimum Gasteiger partial charge on any atom is -0.361 e. The Morgan fingerprint density at radius 3 is 2.61 bits per heavy atom. The van der Waals surface area contributed by atoms with Crippen LogP contribution in [-0.4, -0.2) is 40.3 Å². The molecule has 8 heteroatoms. The van der Waals surface area contributed by atoms with Gasteiger partial charge in [0.15, 0.2) is 11.0 Å². The van der Waals surface area contributed by atoms with Crippen LogP contribution in [0.5, 0.6) is 0 Å². The van der Waals surface area contributed by atoms with E-state index < -0.39 is 8.07 Å². The standard InChI is InChI=1S/C15H24N4O2SSi/c1-18-14(16-17-15(18)22-2)12-6-7-19(13(20)10-12)11-21-8-9-23(3,4)5/h6-7,10H,8-9,11H2,1-5H3. The lowest BCUT2D eigenvalue weighted by Crippen LogP contribution is -2.24. The van der Waals surface area contributed by atoms with Crippen LogP contribution in [0.3, 0.4) is 0 Å². The molecule has 0 saturated carbocycles. The van der Waals surface area contributed by atoms with Crippen LogP contribution < -0.4 is 5.56 Å². The van der Waals surface area contributed by atoms with E-state index in [1.807, 2.05) is 23.9 Å². The van der Waals surface area contributed by atoms with Crippen molar-refractivity contribution in [3.63, 3.8) is 0 Å². The average molecular weight is 353 g/mol. The van der Waals surface area contributed by atoms with Crippen LogP contribution in [0.25, 0.3) is 11.4 Å². The molecule has 0 aliphatic rings. The molecule has 2 aromatic heterocycles. The second kappa shape index (κ2) is 7.46. The minimum absolute atomic E-state index is 0.0933. The van der Waals surface area contributed by atoms with Crippen LogP contribution in [0, 0.1) is 0 Å². The molecule has 0 bridgehead atoms. The van der Waals surface area contributed by atoms with Crippen molar-refractivity contribution in [2.75, 3.05) is 12.9 Å². The number of rotatable bonds is 7. The Morgan fingerprint density at radius 1 is 1.30 bits per heavy atom. The Balaban J connectivity index is 2.06. The van der Waals surface area contributed by atoms with Gasteiger partial charge in [0.25, 0.3) is 5.56 Å². The monoisotopic (exact) mass is 352 g/mol. The lowest BCUT2D eigenvalue weighted by atomic mass is 10.2. The van der Waals surface area contributed by atoms with Crippen LogP contribution in [0.4, 0.5) is 0 Å². The van der Waals surface area contributed by atoms with Crippen molar-refractivity contribution in [3.8, 4) is 11.4 Å². The van der Waals surface area contributed by atoms with Crippen LogP contribution >= 0.6 is 11.8 Å². The minimum atomic E-state index is -1.10. The number of nitrogens with zero attached hydrogens (tertiary/aromatic N) is 4. The van der Waals surface area contributed by atoms with Crippen LogP contribution in [-0.2, 0) is 18.5 Å². The topological polar surface area (TPSA) is 61.9 Å². The number of hydrogen-bond donors (Lipinski definition) is 0. The molecule has 2 aromatic rings. The molecule has 0 aliphatic heterocycles. The Morgan fingerprint density at radius 2 is 2.04 bits per heavy atom. The van der Waals surface area contributed by atoms with Crippen molar-refractivity contribution in [2.45, 2.75) is 37.6 Å². The summed E-state index contributed by atoms with van der Waals surface area (Å²) >= 11 is 1.52. The SMILES string of the molecule is CSc1nnc(-c2ccn(COCC[Si](C)(C)C)c(=O)c2)n1C. The summed E-state index contributed by atoms with van der Waals surface area (Å²) in [7, 11) is 0.793. The van der Waals surface area contributed by atoms with E-state index in [-0.39, 0.29) is 5.56 Å². The number of aromatic nitrogens is 4. The first-order chi connectivity index (χ1) is 10.8. The van der Waals surface area contributed by atoms with E-state index in [0.717, 1.165) is 16.8 Å². The molecule has 23 heavy (non-hydrogen) atoms. The maximum absolute atomic E-state index is 12.2. The maximum atomic E-state index is 12.2. The third kappa shape index (κ3) is 4.79. The van der Waals surface area contributed by atoms with E-state index in [4.69, 9.17) is 4.74 Å². The van der Waals surface area contributed by atoms with Gasteiger partial charge in [-0.3, -0.25) is 9.36 Å². The number of thioether (sulfide) groups is 1. The zero-order valence-corrected chi connectivity index (χ0v) is 16.2. The Bertz CT molecular complexity index is 721. The molecule has 0 amide bonds. The molecular formula is C15H24N4O2SSi. The molecule has 0 atom stereocenters. The fourth-order valence-corrected chi connectivity index (χ4v) is 3.28. The molecule has 6 nitrogen and oxygen atoms in total. The van der Waals surface area contributed by atoms with Gasteiger partial charge in [-0.05, 0) is 18.4 Å². The van der Waals surface area contributed by atoms with Gasteiger partial charge < -0.3 is 9.30 Å². The van der Waals surface area contributed by atoms with Gasteiger partial charge in [0.1, 0.15) is 6.73 Å². The molecule has 0 aliphatic carbocycles. The predicted molar refractivity (Wildman–Crippen MR) is 96.6 cm³/mol. The van der Waals surface area contributed by atoms with E-state index in [1.165, 1.54) is 11.8 Å². The zero-order chi connectivity index (χ0) is 17.0. The highest BCUT2D eigenvalue weighted by molar-refractivity contribution is 7.98. The molecule has 0 unspecified atom stereocenters. The molecule has 0 radical (unpaired) electrons. The van der Waals surface area contributed by atoms with E-state index in [0.29, 0.717) is 19.2 Å². The van der Waals surface area contributed by atoms with E-state index in [9.17, 15) is 4.79 Å². The van der Waals surface area contributed by atoms with Crippen molar-refractivity contribution >= 4 is 19.8 Å². The molecule has 0 spiro atoms. The Labute approximate surface area is 141 Å². The summed E-state index contributed by atoms with van der Waals surface area (Å²) in [6.07, 6.45) is 3.70. The largest absolute Gasteiger partial charge is 0.361 e. The normalized spacial score (nSPS) is 11.9. The third-order valence-corrected chi connectivity index (χ3v) is 5.92. The van der Waals surface area contributed by atoms with Crippen LogP contribution in [0.15, 0.2) is 28.3 Å². The summed E-state index contributed by atoms with van der Waals surface area (Å²) in [6.45, 7) is 7.91. The first-order valence-corrected chi connectivity index (χ1v) is 12.5. The second-order valence-corrected chi connectivity index (χ2v) is 13.0. The lowest BCUT2D eigenvalue weighted by molar-refractivity contribution is 0.0848. The molecule has 0 saturated heterocycles. The summed E-state index contributed by atoms with van der Waals surface area (Å²) in [6, 6.07) is 4.55. The number of ether oxygens (including phenoxy) is 1. The predicted octanol–water partition coefficient (Wildman–Crippen LogP) is 2.68. The molecule has 0 fully saturated rings. The first-order valence-electron chi connectivity index (χ1n) is 7.54. The third-order valence-electron chi connectivity index (χ3n) is 3.50. The number of pyridine rings is 1. The second-order valence-electron chi connectivity index (χ2n) is 6.64. The lowest BCUT2D eigenvalue weighted by Gasteiger charge is -2.15. The van der Waals surface area contributed by atoms with E-state index >= 15 is 0 Å². The van der Waals surface area contributed by atoms with Crippen molar-refractivity contribution in [3.05, 3.63) is 28.7 Å². The zero-order valence-electron chi connectivity index (χ0n) is 14.4. The highest BCUT2D eigenvalue weighted by Gasteiger charge is 2.13. The molecule has 2 heterocycles. The van der Waals surface area contributed by atoms with Crippen LogP contribution in [0.2, 0.25) is 25.7 Å². The van der Waals surface area contributed by atoms with Gasteiger partial charge in [-0.2, -0.15) is 0 Å². The summed E-state index contributed by atoms with van der Waals surface area (Å²) < 4.78 is 9.08. The Kier molecular flexibility index (Phi) is 5.82. The van der Waals surface area contributed by atoms with Crippen molar-refractivity contribution < 1.29 is 4.74 Å². The van der Waals surface area contributed by atoms with Gasteiger partial charge in [0, 0.05) is 39.6 Å². The molecule has 2 rings (SSSR count). The van der Waals surface area contributed by atoms with Crippen molar-refractivity contribution in [1.29, 1.82) is 0 Å². The van der Waals surface area contributed by atoms with Crippen molar-refractivity contribution in [1.82, 2.24) is 19.3 Å². The first kappa shape index (κ1) is 18.0. The maximum Gasteiger partial charge on any atom is 0.253 e. The summed E-state index contributed by atoms with van der Waals surface area (Å²) in [5.41, 5.74) is 0.674. The van der Waals surface area contributed by atoms with Gasteiger partial charge in [0.2, 0.25) is 0 Å². The molecule has 126 valence electrons. The Hall–Kier alpha value is -1.38. The van der Waals surface area contributed by atoms with Gasteiger partial charge in [-0.25, -0.2) is 0 Å². The van der Waals surface area contributed by atoms with Gasteiger partial charge >= 0.3 is 0 Å². The van der Waals surface area contributed by atoms with E-state index in [2.05, 4.69) is 29.8 Å². The quantitative estimate of drug-likeness (QED) is 0.435. The molecule has 0 N–H and O–H groups in total. The molecule has 0 aromatic carbocycles. The average Bonchev–Trinajstić information content (AvgIpc) is 2.84. The number of hydrogen-bond acceptors (Lipinski definition) is 5. The summed E-state index contributed by atoms with van der Waals surface area (Å²) in [5.74, 6) is 0.693. The highest BCUT2D eigenvalue weighted by atomic mass is 32.2. The van der Waals surface area contributed by atoms with Gasteiger partial charge in [-0.1, -0.05) is 31.4 Å². The van der Waals surface area contributed by atoms with Crippen molar-refractivity contribution in [2.24, 2.45) is 7.05 Å².